The third-order valence-electron chi connectivity index (χ3n) is 7.04. The van der Waals surface area contributed by atoms with Crippen molar-refractivity contribution >= 4 is 22.7 Å². The molecule has 5 rings (SSSR count). The van der Waals surface area contributed by atoms with Gasteiger partial charge in [0.05, 0.1) is 30.4 Å². The Bertz CT molecular complexity index is 1200. The van der Waals surface area contributed by atoms with Crippen molar-refractivity contribution in [2.24, 2.45) is 0 Å². The Morgan fingerprint density at radius 3 is 2.31 bits per heavy atom. The van der Waals surface area contributed by atoms with Crippen LogP contribution >= 0.6 is 0 Å². The molecule has 3 heterocycles. The van der Waals surface area contributed by atoms with Gasteiger partial charge in [0.2, 0.25) is 5.91 Å². The van der Waals surface area contributed by atoms with Gasteiger partial charge in [0.15, 0.2) is 0 Å². The van der Waals surface area contributed by atoms with E-state index in [9.17, 15) is 9.59 Å². The number of ether oxygens (including phenoxy) is 1. The minimum Gasteiger partial charge on any atom is -0.497 e. The van der Waals surface area contributed by atoms with Crippen molar-refractivity contribution in [3.63, 3.8) is 0 Å². The lowest BCUT2D eigenvalue weighted by atomic mass is 10.0. The van der Waals surface area contributed by atoms with Crippen molar-refractivity contribution < 1.29 is 14.3 Å². The minimum absolute atomic E-state index is 0.00941. The van der Waals surface area contributed by atoms with E-state index in [0.29, 0.717) is 44.0 Å². The molecule has 2 saturated heterocycles. The van der Waals surface area contributed by atoms with Crippen LogP contribution in [-0.4, -0.2) is 84.4 Å². The van der Waals surface area contributed by atoms with Crippen molar-refractivity contribution in [3.8, 4) is 17.0 Å². The largest absolute Gasteiger partial charge is 0.497 e. The number of likely N-dealkylation sites (tertiary alicyclic amines) is 1. The van der Waals surface area contributed by atoms with E-state index in [-0.39, 0.29) is 11.8 Å². The molecule has 2 aromatic carbocycles. The van der Waals surface area contributed by atoms with E-state index in [4.69, 9.17) is 9.72 Å². The first kappa shape index (κ1) is 23.3. The van der Waals surface area contributed by atoms with E-state index in [0.717, 1.165) is 48.1 Å². The summed E-state index contributed by atoms with van der Waals surface area (Å²) >= 11 is 0. The number of nitrogens with zero attached hydrogens (tertiary/aromatic N) is 4. The average molecular weight is 473 g/mol. The van der Waals surface area contributed by atoms with Gasteiger partial charge >= 0.3 is 0 Å². The number of piperazine rings is 1. The maximum Gasteiger partial charge on any atom is 0.254 e. The molecule has 1 aromatic heterocycles. The highest BCUT2D eigenvalue weighted by Gasteiger charge is 2.27. The number of carbonyl (C=O) groups excluding carboxylic acids is 2. The van der Waals surface area contributed by atoms with Crippen LogP contribution in [0, 0.1) is 0 Å². The van der Waals surface area contributed by atoms with Crippen molar-refractivity contribution in [2.45, 2.75) is 19.3 Å². The molecule has 7 heteroatoms. The number of aromatic nitrogens is 1. The number of benzene rings is 2. The van der Waals surface area contributed by atoms with Crippen LogP contribution in [0.5, 0.6) is 5.75 Å². The molecule has 2 fully saturated rings. The van der Waals surface area contributed by atoms with Gasteiger partial charge in [0, 0.05) is 50.2 Å². The van der Waals surface area contributed by atoms with Crippen LogP contribution in [0.1, 0.15) is 29.6 Å². The minimum atomic E-state index is -0.00941. The van der Waals surface area contributed by atoms with Crippen LogP contribution in [0.4, 0.5) is 0 Å². The van der Waals surface area contributed by atoms with E-state index in [1.54, 1.807) is 7.11 Å². The Labute approximate surface area is 206 Å². The first-order chi connectivity index (χ1) is 17.1. The van der Waals surface area contributed by atoms with Crippen LogP contribution in [-0.2, 0) is 4.79 Å². The van der Waals surface area contributed by atoms with E-state index >= 15 is 0 Å². The number of carbonyl (C=O) groups is 2. The fraction of sp³-hybridized carbons (Fsp3) is 0.393. The Kier molecular flexibility index (Phi) is 6.95. The smallest absolute Gasteiger partial charge is 0.254 e. The number of methoxy groups -OCH3 is 1. The van der Waals surface area contributed by atoms with Gasteiger partial charge in [-0.05, 0) is 43.5 Å². The van der Waals surface area contributed by atoms with E-state index in [2.05, 4.69) is 4.90 Å². The summed E-state index contributed by atoms with van der Waals surface area (Å²) in [4.78, 5) is 37.3. The highest BCUT2D eigenvalue weighted by atomic mass is 16.5. The molecule has 0 radical (unpaired) electrons. The fourth-order valence-corrected chi connectivity index (χ4v) is 4.98. The van der Waals surface area contributed by atoms with Crippen molar-refractivity contribution in [1.82, 2.24) is 19.7 Å². The van der Waals surface area contributed by atoms with Gasteiger partial charge in [-0.3, -0.25) is 14.5 Å². The molecule has 3 aromatic rings. The van der Waals surface area contributed by atoms with E-state index in [1.807, 2.05) is 64.4 Å². The standard InChI is InChI=1S/C28H32N4O3/c1-35-22-10-11-25-23(18-22)24(19-26(29-25)21-8-4-2-5-9-21)28(34)32-16-14-30(15-17-32)20-27(33)31-12-6-3-7-13-31/h2,4-5,8-11,18-19H,3,6-7,12-17,20H2,1H3. The number of hydrogen-bond acceptors (Lipinski definition) is 5. The Balaban J connectivity index is 1.35. The molecule has 2 amide bonds. The summed E-state index contributed by atoms with van der Waals surface area (Å²) in [5, 5.41) is 0.789. The maximum absolute atomic E-state index is 13.7. The lowest BCUT2D eigenvalue weighted by Gasteiger charge is -2.36. The lowest BCUT2D eigenvalue weighted by Crippen LogP contribution is -2.52. The van der Waals surface area contributed by atoms with Crippen molar-refractivity contribution in [3.05, 3.63) is 60.2 Å². The maximum atomic E-state index is 13.7. The average Bonchev–Trinajstić information content (AvgIpc) is 2.93. The number of hydrogen-bond donors (Lipinski definition) is 0. The zero-order valence-corrected chi connectivity index (χ0v) is 20.3. The van der Waals surface area contributed by atoms with Crippen LogP contribution < -0.4 is 4.74 Å². The molecule has 2 aliphatic heterocycles. The van der Waals surface area contributed by atoms with Gasteiger partial charge in [-0.15, -0.1) is 0 Å². The number of piperidine rings is 1. The van der Waals surface area contributed by atoms with Gasteiger partial charge in [-0.2, -0.15) is 0 Å². The highest BCUT2D eigenvalue weighted by molar-refractivity contribution is 6.07. The Morgan fingerprint density at radius 2 is 1.60 bits per heavy atom. The lowest BCUT2D eigenvalue weighted by molar-refractivity contribution is -0.133. The Morgan fingerprint density at radius 1 is 0.857 bits per heavy atom. The molecule has 2 aliphatic rings. The summed E-state index contributed by atoms with van der Waals surface area (Å²) in [6, 6.07) is 17.5. The number of amides is 2. The normalized spacial score (nSPS) is 16.9. The fourth-order valence-electron chi connectivity index (χ4n) is 4.98. The van der Waals surface area contributed by atoms with Gasteiger partial charge in [-0.1, -0.05) is 30.3 Å². The van der Waals surface area contributed by atoms with E-state index < -0.39 is 0 Å². The summed E-state index contributed by atoms with van der Waals surface area (Å²) in [5.41, 5.74) is 3.14. The first-order valence-electron chi connectivity index (χ1n) is 12.5. The summed E-state index contributed by atoms with van der Waals surface area (Å²) in [7, 11) is 1.62. The molecular weight excluding hydrogens is 440 g/mol. The summed E-state index contributed by atoms with van der Waals surface area (Å²) < 4.78 is 5.42. The number of fused-ring (bicyclic) bond motifs is 1. The molecule has 0 saturated carbocycles. The Hall–Kier alpha value is -3.45. The summed E-state index contributed by atoms with van der Waals surface area (Å²) in [6.07, 6.45) is 3.42. The quantitative estimate of drug-likeness (QED) is 0.567. The molecule has 0 spiro atoms. The second-order valence-electron chi connectivity index (χ2n) is 9.31. The van der Waals surface area contributed by atoms with Crippen LogP contribution in [0.2, 0.25) is 0 Å². The van der Waals surface area contributed by atoms with Crippen LogP contribution in [0.15, 0.2) is 54.6 Å². The molecule has 0 unspecified atom stereocenters. The molecule has 0 atom stereocenters. The predicted octanol–water partition coefficient (Wildman–Crippen LogP) is 3.68. The van der Waals surface area contributed by atoms with Crippen molar-refractivity contribution in [2.75, 3.05) is 52.9 Å². The third-order valence-corrected chi connectivity index (χ3v) is 7.04. The predicted molar refractivity (Wildman–Crippen MR) is 137 cm³/mol. The summed E-state index contributed by atoms with van der Waals surface area (Å²) in [5.74, 6) is 0.899. The zero-order chi connectivity index (χ0) is 24.2. The van der Waals surface area contributed by atoms with Gasteiger partial charge in [0.1, 0.15) is 5.75 Å². The molecule has 0 aliphatic carbocycles. The molecule has 0 N–H and O–H groups in total. The SMILES string of the molecule is COc1ccc2nc(-c3ccccc3)cc(C(=O)N3CCN(CC(=O)N4CCCCC4)CC3)c2c1. The second kappa shape index (κ2) is 10.4. The van der Waals surface area contributed by atoms with Crippen LogP contribution in [0.25, 0.3) is 22.2 Å². The molecule has 7 nitrogen and oxygen atoms in total. The molecule has 0 bridgehead atoms. The van der Waals surface area contributed by atoms with Crippen LogP contribution in [0.3, 0.4) is 0 Å². The number of rotatable bonds is 5. The zero-order valence-electron chi connectivity index (χ0n) is 20.3. The van der Waals surface area contributed by atoms with Gasteiger partial charge < -0.3 is 14.5 Å². The number of pyridine rings is 1. The molecule has 182 valence electrons. The first-order valence-corrected chi connectivity index (χ1v) is 12.5. The van der Waals surface area contributed by atoms with Gasteiger partial charge in [0.25, 0.3) is 5.91 Å². The summed E-state index contributed by atoms with van der Waals surface area (Å²) in [6.45, 7) is 4.78. The molecule has 35 heavy (non-hydrogen) atoms. The third kappa shape index (κ3) is 5.15. The van der Waals surface area contributed by atoms with Crippen molar-refractivity contribution in [1.29, 1.82) is 0 Å². The highest BCUT2D eigenvalue weighted by Crippen LogP contribution is 2.29. The monoisotopic (exact) mass is 472 g/mol. The topological polar surface area (TPSA) is 66.0 Å². The molecular formula is C28H32N4O3. The van der Waals surface area contributed by atoms with Gasteiger partial charge in [-0.25, -0.2) is 4.98 Å². The van der Waals surface area contributed by atoms with E-state index in [1.165, 1.54) is 6.42 Å². The second-order valence-corrected chi connectivity index (χ2v) is 9.31.